The van der Waals surface area contributed by atoms with Crippen LogP contribution < -0.4 is 20.3 Å². The van der Waals surface area contributed by atoms with Gasteiger partial charge in [0, 0.05) is 25.7 Å². The highest BCUT2D eigenvalue weighted by atomic mass is 32.2. The number of anilines is 1. The van der Waals surface area contributed by atoms with Crippen molar-refractivity contribution in [2.45, 2.75) is 27.2 Å². The van der Waals surface area contributed by atoms with Gasteiger partial charge < -0.3 is 14.8 Å². The molecule has 2 aromatic rings. The van der Waals surface area contributed by atoms with Crippen LogP contribution in [0.2, 0.25) is 0 Å². The number of hydrogen-bond acceptors (Lipinski definition) is 8. The number of amides is 1. The zero-order chi connectivity index (χ0) is 26.6. The van der Waals surface area contributed by atoms with Crippen LogP contribution in [0.4, 0.5) is 5.82 Å². The zero-order valence-electron chi connectivity index (χ0n) is 21.3. The quantitative estimate of drug-likeness (QED) is 0.386. The fourth-order valence-corrected chi connectivity index (χ4v) is 5.22. The molecule has 1 N–H and O–H groups in total. The Morgan fingerprint density at radius 3 is 2.53 bits per heavy atom. The highest BCUT2D eigenvalue weighted by molar-refractivity contribution is 8.26. The summed E-state index contributed by atoms with van der Waals surface area (Å²) in [4.78, 5) is 28.0. The normalized spacial score (nSPS) is 14.5. The standard InChI is InChI=1S/C26H30N4O4S2/c1-15(2)14-30-25(32)22(36-26(30)35)12-18-16(3)19(13-27)24(31)29(4)23(18)28-10-9-17-7-8-20(33-5)21(11-17)34-6/h7-8,11-12,15,28H,9-10,14H2,1-6H3/b22-12+. The molecule has 1 amide bonds. The lowest BCUT2D eigenvalue weighted by atomic mass is 10.0. The molecule has 10 heteroatoms. The number of pyridine rings is 1. The molecule has 1 aromatic carbocycles. The number of ether oxygens (including phenoxy) is 2. The molecule has 0 atom stereocenters. The maximum atomic E-state index is 13.1. The van der Waals surface area contributed by atoms with Crippen LogP contribution in [-0.2, 0) is 18.3 Å². The predicted molar refractivity (Wildman–Crippen MR) is 148 cm³/mol. The van der Waals surface area contributed by atoms with E-state index in [1.165, 1.54) is 16.3 Å². The molecule has 0 radical (unpaired) electrons. The molecule has 36 heavy (non-hydrogen) atoms. The van der Waals surface area contributed by atoms with E-state index in [4.69, 9.17) is 21.7 Å². The van der Waals surface area contributed by atoms with E-state index < -0.39 is 5.56 Å². The van der Waals surface area contributed by atoms with E-state index >= 15 is 0 Å². The summed E-state index contributed by atoms with van der Waals surface area (Å²) < 4.78 is 12.6. The second-order valence-electron chi connectivity index (χ2n) is 8.79. The van der Waals surface area contributed by atoms with Gasteiger partial charge >= 0.3 is 0 Å². The minimum Gasteiger partial charge on any atom is -0.493 e. The van der Waals surface area contributed by atoms with Gasteiger partial charge in [0.1, 0.15) is 21.8 Å². The SMILES string of the molecule is COc1ccc(CCNc2c(/C=C3/SC(=S)N(CC(C)C)C3=O)c(C)c(C#N)c(=O)n2C)cc1OC. The first-order valence-electron chi connectivity index (χ1n) is 11.5. The van der Waals surface area contributed by atoms with Crippen molar-refractivity contribution in [2.75, 3.05) is 32.6 Å². The Bertz CT molecular complexity index is 1320. The summed E-state index contributed by atoms with van der Waals surface area (Å²) in [7, 11) is 4.79. The summed E-state index contributed by atoms with van der Waals surface area (Å²) in [5, 5.41) is 13.0. The molecule has 3 rings (SSSR count). The number of carbonyl (C=O) groups excluding carboxylic acids is 1. The zero-order valence-corrected chi connectivity index (χ0v) is 22.9. The third kappa shape index (κ3) is 5.58. The van der Waals surface area contributed by atoms with Gasteiger partial charge in [-0.25, -0.2) is 0 Å². The summed E-state index contributed by atoms with van der Waals surface area (Å²) in [5.41, 5.74) is 1.81. The molecule has 0 unspecified atom stereocenters. The molecule has 0 bridgehead atoms. The summed E-state index contributed by atoms with van der Waals surface area (Å²) in [6, 6.07) is 7.72. The lowest BCUT2D eigenvalue weighted by molar-refractivity contribution is -0.122. The maximum Gasteiger partial charge on any atom is 0.270 e. The number of thiocarbonyl (C=S) groups is 1. The van der Waals surface area contributed by atoms with E-state index in [-0.39, 0.29) is 17.4 Å². The second-order valence-corrected chi connectivity index (χ2v) is 10.5. The monoisotopic (exact) mass is 526 g/mol. The smallest absolute Gasteiger partial charge is 0.270 e. The van der Waals surface area contributed by atoms with Gasteiger partial charge in [0.25, 0.3) is 11.5 Å². The van der Waals surface area contributed by atoms with E-state index in [0.717, 1.165) is 5.56 Å². The molecule has 1 saturated heterocycles. The Morgan fingerprint density at radius 2 is 1.92 bits per heavy atom. The van der Waals surface area contributed by atoms with Crippen LogP contribution in [0.3, 0.4) is 0 Å². The molecule has 1 aliphatic heterocycles. The van der Waals surface area contributed by atoms with Gasteiger partial charge in [0.15, 0.2) is 11.5 Å². The molecule has 8 nitrogen and oxygen atoms in total. The van der Waals surface area contributed by atoms with Crippen molar-refractivity contribution < 1.29 is 14.3 Å². The molecule has 190 valence electrons. The summed E-state index contributed by atoms with van der Waals surface area (Å²) in [6.45, 7) is 6.82. The molecular weight excluding hydrogens is 496 g/mol. The third-order valence-corrected chi connectivity index (χ3v) is 7.23. The highest BCUT2D eigenvalue weighted by Crippen LogP contribution is 2.35. The summed E-state index contributed by atoms with van der Waals surface area (Å²) in [5.74, 6) is 1.93. The highest BCUT2D eigenvalue weighted by Gasteiger charge is 2.33. The second kappa shape index (κ2) is 11.6. The fraction of sp³-hybridized carbons (Fsp3) is 0.385. The lowest BCUT2D eigenvalue weighted by Gasteiger charge is -2.18. The number of rotatable bonds is 9. The van der Waals surface area contributed by atoms with E-state index in [0.29, 0.717) is 57.2 Å². The van der Waals surface area contributed by atoms with Crippen LogP contribution in [-0.4, -0.2) is 47.0 Å². The van der Waals surface area contributed by atoms with Gasteiger partial charge in [-0.15, -0.1) is 0 Å². The van der Waals surface area contributed by atoms with Crippen LogP contribution in [0.1, 0.15) is 36.1 Å². The van der Waals surface area contributed by atoms with Crippen LogP contribution in [0.15, 0.2) is 27.9 Å². The van der Waals surface area contributed by atoms with Crippen molar-refractivity contribution in [3.05, 3.63) is 55.7 Å². The van der Waals surface area contributed by atoms with Crippen LogP contribution in [0.25, 0.3) is 6.08 Å². The number of nitrogens with zero attached hydrogens (tertiary/aromatic N) is 3. The van der Waals surface area contributed by atoms with Gasteiger partial charge in [-0.3, -0.25) is 19.1 Å². The summed E-state index contributed by atoms with van der Waals surface area (Å²) in [6.07, 6.45) is 2.37. The number of benzene rings is 1. The van der Waals surface area contributed by atoms with Crippen molar-refractivity contribution in [3.63, 3.8) is 0 Å². The van der Waals surface area contributed by atoms with Crippen molar-refractivity contribution >= 4 is 46.1 Å². The van der Waals surface area contributed by atoms with E-state index in [2.05, 4.69) is 5.32 Å². The molecule has 0 saturated carbocycles. The van der Waals surface area contributed by atoms with Gasteiger partial charge in [0.2, 0.25) is 0 Å². The van der Waals surface area contributed by atoms with Crippen molar-refractivity contribution in [2.24, 2.45) is 13.0 Å². The molecular formula is C26H30N4O4S2. The minimum atomic E-state index is -0.395. The van der Waals surface area contributed by atoms with Crippen LogP contribution in [0, 0.1) is 24.2 Å². The first kappa shape index (κ1) is 27.3. The number of thioether (sulfide) groups is 1. The first-order chi connectivity index (χ1) is 17.1. The molecule has 1 aliphatic rings. The Hall–Kier alpha value is -3.29. The average Bonchev–Trinajstić information content (AvgIpc) is 3.11. The number of aromatic nitrogens is 1. The lowest BCUT2D eigenvalue weighted by Crippen LogP contribution is -2.31. The maximum absolute atomic E-state index is 13.1. The van der Waals surface area contributed by atoms with Crippen LogP contribution in [0.5, 0.6) is 11.5 Å². The van der Waals surface area contributed by atoms with Gasteiger partial charge in [-0.05, 0) is 48.6 Å². The number of carbonyl (C=O) groups is 1. The van der Waals surface area contributed by atoms with E-state index in [1.807, 2.05) is 38.1 Å². The molecule has 0 aliphatic carbocycles. The number of hydrogen-bond donors (Lipinski definition) is 1. The Morgan fingerprint density at radius 1 is 1.22 bits per heavy atom. The number of nitriles is 1. The molecule has 2 heterocycles. The van der Waals surface area contributed by atoms with Crippen molar-refractivity contribution in [1.82, 2.24) is 9.47 Å². The van der Waals surface area contributed by atoms with Gasteiger partial charge in [0.05, 0.1) is 19.1 Å². The van der Waals surface area contributed by atoms with E-state index in [1.54, 1.807) is 39.2 Å². The molecule has 1 aromatic heterocycles. The van der Waals surface area contributed by atoms with Gasteiger partial charge in [-0.2, -0.15) is 5.26 Å². The number of nitrogens with one attached hydrogen (secondary N) is 1. The topological polar surface area (TPSA) is 96.6 Å². The Balaban J connectivity index is 1.96. The fourth-order valence-electron chi connectivity index (χ4n) is 3.96. The van der Waals surface area contributed by atoms with E-state index in [9.17, 15) is 14.9 Å². The third-order valence-electron chi connectivity index (χ3n) is 5.85. The minimum absolute atomic E-state index is 0.0480. The average molecular weight is 527 g/mol. The molecule has 1 fully saturated rings. The van der Waals surface area contributed by atoms with Crippen molar-refractivity contribution in [3.8, 4) is 17.6 Å². The van der Waals surface area contributed by atoms with Gasteiger partial charge in [-0.1, -0.05) is 43.9 Å². The molecule has 0 spiro atoms. The van der Waals surface area contributed by atoms with Crippen LogP contribution >= 0.6 is 24.0 Å². The Kier molecular flexibility index (Phi) is 8.82. The Labute approximate surface area is 220 Å². The van der Waals surface area contributed by atoms with Crippen molar-refractivity contribution in [1.29, 1.82) is 5.26 Å². The number of methoxy groups -OCH3 is 2. The summed E-state index contributed by atoms with van der Waals surface area (Å²) >= 11 is 6.67. The predicted octanol–water partition coefficient (Wildman–Crippen LogP) is 4.09. The largest absolute Gasteiger partial charge is 0.493 e. The first-order valence-corrected chi connectivity index (χ1v) is 12.7.